The number of anilines is 1. The number of carbonyl (C=O) groups is 2. The average molecular weight is 564 g/mol. The van der Waals surface area contributed by atoms with Crippen LogP contribution in [0.1, 0.15) is 28.4 Å². The molecule has 0 aliphatic carbocycles. The SMILES string of the molecule is CCOc1cc(/C=N\NC(=O)c2cccc(C(F)(F)F)c2)cc(Br)c1OCC(=O)Nc1ccccc1. The lowest BCUT2D eigenvalue weighted by molar-refractivity contribution is -0.137. The van der Waals surface area contributed by atoms with Crippen LogP contribution in [0.3, 0.4) is 0 Å². The molecule has 0 bridgehead atoms. The molecule has 36 heavy (non-hydrogen) atoms. The highest BCUT2D eigenvalue weighted by Gasteiger charge is 2.30. The van der Waals surface area contributed by atoms with Gasteiger partial charge in [0.25, 0.3) is 11.8 Å². The first-order valence-electron chi connectivity index (χ1n) is 10.6. The van der Waals surface area contributed by atoms with Gasteiger partial charge in [0.05, 0.1) is 22.9 Å². The van der Waals surface area contributed by atoms with E-state index < -0.39 is 17.6 Å². The van der Waals surface area contributed by atoms with Crippen molar-refractivity contribution in [2.24, 2.45) is 5.10 Å². The third-order valence-electron chi connectivity index (χ3n) is 4.57. The number of amides is 2. The van der Waals surface area contributed by atoms with Gasteiger partial charge in [0.15, 0.2) is 18.1 Å². The van der Waals surface area contributed by atoms with E-state index in [1.54, 1.807) is 43.3 Å². The number of benzene rings is 3. The molecule has 11 heteroatoms. The smallest absolute Gasteiger partial charge is 0.416 e. The quantitative estimate of drug-likeness (QED) is 0.260. The first-order valence-corrected chi connectivity index (χ1v) is 11.4. The van der Waals surface area contributed by atoms with E-state index in [1.807, 2.05) is 6.07 Å². The Hall–Kier alpha value is -3.86. The highest BCUT2D eigenvalue weighted by molar-refractivity contribution is 9.10. The highest BCUT2D eigenvalue weighted by Crippen LogP contribution is 2.36. The zero-order valence-electron chi connectivity index (χ0n) is 18.9. The van der Waals surface area contributed by atoms with Crippen LogP contribution in [0, 0.1) is 0 Å². The summed E-state index contributed by atoms with van der Waals surface area (Å²) in [4.78, 5) is 24.4. The summed E-state index contributed by atoms with van der Waals surface area (Å²) in [6.07, 6.45) is -3.27. The van der Waals surface area contributed by atoms with Crippen molar-refractivity contribution >= 4 is 39.6 Å². The number of hydrazone groups is 1. The van der Waals surface area contributed by atoms with Gasteiger partial charge in [0, 0.05) is 11.3 Å². The minimum Gasteiger partial charge on any atom is -0.490 e. The molecular formula is C25H21BrF3N3O4. The van der Waals surface area contributed by atoms with E-state index in [4.69, 9.17) is 9.47 Å². The van der Waals surface area contributed by atoms with Crippen molar-refractivity contribution in [2.45, 2.75) is 13.1 Å². The molecule has 0 aliphatic rings. The number of alkyl halides is 3. The van der Waals surface area contributed by atoms with Crippen molar-refractivity contribution in [1.82, 2.24) is 5.43 Å². The van der Waals surface area contributed by atoms with Gasteiger partial charge in [-0.25, -0.2) is 5.43 Å². The van der Waals surface area contributed by atoms with Crippen molar-refractivity contribution in [2.75, 3.05) is 18.5 Å². The van der Waals surface area contributed by atoms with E-state index in [0.29, 0.717) is 33.8 Å². The fourth-order valence-electron chi connectivity index (χ4n) is 2.99. The summed E-state index contributed by atoms with van der Waals surface area (Å²) in [6, 6.07) is 16.1. The molecule has 0 fully saturated rings. The molecule has 2 amide bonds. The Morgan fingerprint density at radius 2 is 1.78 bits per heavy atom. The number of carbonyl (C=O) groups excluding carboxylic acids is 2. The fourth-order valence-corrected chi connectivity index (χ4v) is 3.56. The van der Waals surface area contributed by atoms with Gasteiger partial charge in [-0.3, -0.25) is 9.59 Å². The maximum Gasteiger partial charge on any atom is 0.416 e. The van der Waals surface area contributed by atoms with Crippen LogP contribution >= 0.6 is 15.9 Å². The first-order chi connectivity index (χ1) is 17.2. The standard InChI is InChI=1S/C25H21BrF3N3O4/c1-2-35-21-12-16(14-30-32-24(34)17-7-6-8-18(13-17)25(27,28)29)11-20(26)23(21)36-15-22(33)31-19-9-4-3-5-10-19/h3-14H,2,15H2,1H3,(H,31,33)(H,32,34)/b30-14-. The molecular weight excluding hydrogens is 543 g/mol. The summed E-state index contributed by atoms with van der Waals surface area (Å²) in [5, 5.41) is 6.53. The van der Waals surface area contributed by atoms with Crippen LogP contribution in [0.2, 0.25) is 0 Å². The van der Waals surface area contributed by atoms with Crippen molar-refractivity contribution in [3.63, 3.8) is 0 Å². The van der Waals surface area contributed by atoms with E-state index in [2.05, 4.69) is 31.8 Å². The Kier molecular flexibility index (Phi) is 9.07. The Morgan fingerprint density at radius 1 is 1.03 bits per heavy atom. The zero-order chi connectivity index (χ0) is 26.1. The minimum atomic E-state index is -4.56. The van der Waals surface area contributed by atoms with Gasteiger partial charge in [0.2, 0.25) is 0 Å². The van der Waals surface area contributed by atoms with E-state index in [0.717, 1.165) is 18.2 Å². The predicted octanol–water partition coefficient (Wildman–Crippen LogP) is 5.65. The van der Waals surface area contributed by atoms with Gasteiger partial charge in [-0.1, -0.05) is 24.3 Å². The van der Waals surface area contributed by atoms with E-state index in [9.17, 15) is 22.8 Å². The Bertz CT molecular complexity index is 1250. The second kappa shape index (κ2) is 12.2. The van der Waals surface area contributed by atoms with Crippen LogP contribution in [0.5, 0.6) is 11.5 Å². The van der Waals surface area contributed by atoms with Gasteiger partial charge in [-0.15, -0.1) is 0 Å². The van der Waals surface area contributed by atoms with Crippen LogP contribution in [0.15, 0.2) is 76.3 Å². The fraction of sp³-hybridized carbons (Fsp3) is 0.160. The lowest BCUT2D eigenvalue weighted by Crippen LogP contribution is -2.20. The largest absolute Gasteiger partial charge is 0.490 e. The molecule has 0 atom stereocenters. The molecule has 0 heterocycles. The Labute approximate surface area is 213 Å². The van der Waals surface area contributed by atoms with Crippen LogP contribution in [0.4, 0.5) is 18.9 Å². The number of nitrogens with one attached hydrogen (secondary N) is 2. The van der Waals surface area contributed by atoms with Gasteiger partial charge in [0.1, 0.15) is 0 Å². The molecule has 0 aromatic heterocycles. The topological polar surface area (TPSA) is 89.0 Å². The first kappa shape index (κ1) is 26.7. The summed E-state index contributed by atoms with van der Waals surface area (Å²) in [6.45, 7) is 1.82. The monoisotopic (exact) mass is 563 g/mol. The molecule has 0 unspecified atom stereocenters. The summed E-state index contributed by atoms with van der Waals surface area (Å²) in [5.41, 5.74) is 2.21. The van der Waals surface area contributed by atoms with Crippen LogP contribution in [-0.4, -0.2) is 31.2 Å². The van der Waals surface area contributed by atoms with Crippen molar-refractivity contribution in [3.8, 4) is 11.5 Å². The summed E-state index contributed by atoms with van der Waals surface area (Å²) >= 11 is 3.38. The lowest BCUT2D eigenvalue weighted by atomic mass is 10.1. The number of ether oxygens (including phenoxy) is 2. The summed E-state index contributed by atoms with van der Waals surface area (Å²) in [7, 11) is 0. The summed E-state index contributed by atoms with van der Waals surface area (Å²) < 4.78 is 50.3. The molecule has 188 valence electrons. The van der Waals surface area contributed by atoms with E-state index in [1.165, 1.54) is 12.3 Å². The Morgan fingerprint density at radius 3 is 2.47 bits per heavy atom. The molecule has 3 rings (SSSR count). The highest BCUT2D eigenvalue weighted by atomic mass is 79.9. The molecule has 0 saturated heterocycles. The zero-order valence-corrected chi connectivity index (χ0v) is 20.5. The van der Waals surface area contributed by atoms with Crippen molar-refractivity contribution in [1.29, 1.82) is 0 Å². The predicted molar refractivity (Wildman–Crippen MR) is 132 cm³/mol. The lowest BCUT2D eigenvalue weighted by Gasteiger charge is -2.14. The maximum atomic E-state index is 12.9. The molecule has 3 aromatic rings. The minimum absolute atomic E-state index is 0.185. The molecule has 0 aliphatic heterocycles. The number of hydrogen-bond donors (Lipinski definition) is 2. The van der Waals surface area contributed by atoms with Crippen molar-refractivity contribution in [3.05, 3.63) is 87.9 Å². The van der Waals surface area contributed by atoms with Crippen LogP contribution in [-0.2, 0) is 11.0 Å². The average Bonchev–Trinajstić information content (AvgIpc) is 2.84. The normalized spacial score (nSPS) is 11.2. The third-order valence-corrected chi connectivity index (χ3v) is 5.16. The van der Waals surface area contributed by atoms with Crippen molar-refractivity contribution < 1.29 is 32.2 Å². The summed E-state index contributed by atoms with van der Waals surface area (Å²) in [5.74, 6) is -0.542. The molecule has 2 N–H and O–H groups in total. The second-order valence-corrected chi connectivity index (χ2v) is 8.10. The third kappa shape index (κ3) is 7.57. The maximum absolute atomic E-state index is 12.9. The molecule has 0 spiro atoms. The number of halogens is 4. The number of hydrogen-bond acceptors (Lipinski definition) is 5. The number of rotatable bonds is 9. The number of para-hydroxylation sites is 1. The molecule has 7 nitrogen and oxygen atoms in total. The van der Waals surface area contributed by atoms with Gasteiger partial charge < -0.3 is 14.8 Å². The van der Waals surface area contributed by atoms with Crippen LogP contribution < -0.4 is 20.2 Å². The molecule has 0 radical (unpaired) electrons. The van der Waals surface area contributed by atoms with Gasteiger partial charge in [-0.2, -0.15) is 18.3 Å². The van der Waals surface area contributed by atoms with Gasteiger partial charge in [-0.05, 0) is 70.9 Å². The van der Waals surface area contributed by atoms with Gasteiger partial charge >= 0.3 is 6.18 Å². The molecule has 3 aromatic carbocycles. The van der Waals surface area contributed by atoms with E-state index in [-0.39, 0.29) is 18.1 Å². The number of nitrogens with zero attached hydrogens (tertiary/aromatic N) is 1. The van der Waals surface area contributed by atoms with Crippen LogP contribution in [0.25, 0.3) is 0 Å². The van der Waals surface area contributed by atoms with E-state index >= 15 is 0 Å². The second-order valence-electron chi connectivity index (χ2n) is 7.24. The molecule has 0 saturated carbocycles. The Balaban J connectivity index is 1.67.